The van der Waals surface area contributed by atoms with Crippen molar-refractivity contribution >= 4 is 23.6 Å². The number of thioether (sulfide) groups is 1. The number of carbonyl (C=O) groups is 2. The van der Waals surface area contributed by atoms with E-state index < -0.39 is 18.1 Å². The number of carboxylic acids is 1. The van der Waals surface area contributed by atoms with Gasteiger partial charge in [0.1, 0.15) is 6.04 Å². The van der Waals surface area contributed by atoms with Gasteiger partial charge in [-0.05, 0) is 5.92 Å². The van der Waals surface area contributed by atoms with Crippen molar-refractivity contribution in [2.24, 2.45) is 11.7 Å². The predicted octanol–water partition coefficient (Wildman–Crippen LogP) is -0.0442. The highest BCUT2D eigenvalue weighted by Gasteiger charge is 2.37. The van der Waals surface area contributed by atoms with Gasteiger partial charge in [0.15, 0.2) is 0 Å². The van der Waals surface area contributed by atoms with Crippen LogP contribution in [0.1, 0.15) is 13.8 Å². The van der Waals surface area contributed by atoms with Crippen molar-refractivity contribution in [2.75, 3.05) is 11.6 Å². The molecule has 86 valence electrons. The molecule has 1 amide bonds. The lowest BCUT2D eigenvalue weighted by molar-refractivity contribution is -0.148. The summed E-state index contributed by atoms with van der Waals surface area (Å²) in [7, 11) is 0. The minimum Gasteiger partial charge on any atom is -0.480 e. The van der Waals surface area contributed by atoms with Crippen LogP contribution in [0.25, 0.3) is 0 Å². The molecule has 0 saturated carbocycles. The third-order valence-electron chi connectivity index (χ3n) is 2.45. The SMILES string of the molecule is CC(C)[C@@H](N)C(=O)N1CSC[C@H]1C(=O)O. The molecule has 1 aliphatic rings. The number of carbonyl (C=O) groups excluding carboxylic acids is 1. The number of aliphatic carboxylic acids is 1. The molecule has 15 heavy (non-hydrogen) atoms. The maximum Gasteiger partial charge on any atom is 0.327 e. The first-order chi connectivity index (χ1) is 6.95. The largest absolute Gasteiger partial charge is 0.480 e. The van der Waals surface area contributed by atoms with E-state index in [4.69, 9.17) is 10.8 Å². The Labute approximate surface area is 93.0 Å². The maximum absolute atomic E-state index is 11.8. The van der Waals surface area contributed by atoms with Gasteiger partial charge < -0.3 is 15.7 Å². The third-order valence-corrected chi connectivity index (χ3v) is 3.47. The zero-order chi connectivity index (χ0) is 11.6. The molecule has 5 nitrogen and oxygen atoms in total. The van der Waals surface area contributed by atoms with Gasteiger partial charge in [0.25, 0.3) is 0 Å². The van der Waals surface area contributed by atoms with E-state index in [1.54, 1.807) is 0 Å². The number of hydrogen-bond donors (Lipinski definition) is 2. The highest BCUT2D eigenvalue weighted by molar-refractivity contribution is 7.99. The molecule has 1 rings (SSSR count). The molecular weight excluding hydrogens is 216 g/mol. The summed E-state index contributed by atoms with van der Waals surface area (Å²) in [6.07, 6.45) is 0. The van der Waals surface area contributed by atoms with E-state index >= 15 is 0 Å². The van der Waals surface area contributed by atoms with Gasteiger partial charge in [-0.3, -0.25) is 4.79 Å². The first-order valence-corrected chi connectivity index (χ1v) is 5.97. The second kappa shape index (κ2) is 4.85. The molecule has 0 aromatic rings. The first kappa shape index (κ1) is 12.3. The molecular formula is C9H16N2O3S. The Kier molecular flexibility index (Phi) is 3.98. The normalized spacial score (nSPS) is 23.2. The second-order valence-electron chi connectivity index (χ2n) is 3.93. The van der Waals surface area contributed by atoms with Gasteiger partial charge in [0.2, 0.25) is 5.91 Å². The van der Waals surface area contributed by atoms with Gasteiger partial charge in [0.05, 0.1) is 11.9 Å². The van der Waals surface area contributed by atoms with E-state index in [0.717, 1.165) is 0 Å². The number of amides is 1. The third kappa shape index (κ3) is 2.63. The van der Waals surface area contributed by atoms with Crippen LogP contribution in [-0.4, -0.2) is 45.6 Å². The van der Waals surface area contributed by atoms with Crippen LogP contribution in [-0.2, 0) is 9.59 Å². The molecule has 0 aromatic heterocycles. The van der Waals surface area contributed by atoms with Gasteiger partial charge in [-0.15, -0.1) is 11.8 Å². The summed E-state index contributed by atoms with van der Waals surface area (Å²) in [4.78, 5) is 24.0. The van der Waals surface area contributed by atoms with Crippen LogP contribution in [0.15, 0.2) is 0 Å². The van der Waals surface area contributed by atoms with E-state index in [1.165, 1.54) is 16.7 Å². The Hall–Kier alpha value is -0.750. The Morgan fingerprint density at radius 3 is 2.60 bits per heavy atom. The molecule has 1 heterocycles. The molecule has 1 saturated heterocycles. The Morgan fingerprint density at radius 2 is 2.13 bits per heavy atom. The second-order valence-corrected chi connectivity index (χ2v) is 4.93. The van der Waals surface area contributed by atoms with Crippen molar-refractivity contribution in [2.45, 2.75) is 25.9 Å². The zero-order valence-corrected chi connectivity index (χ0v) is 9.66. The average Bonchev–Trinajstić information content (AvgIpc) is 2.63. The molecule has 1 fully saturated rings. The minimum atomic E-state index is -0.954. The van der Waals surface area contributed by atoms with Crippen LogP contribution >= 0.6 is 11.8 Å². The molecule has 0 spiro atoms. The summed E-state index contributed by atoms with van der Waals surface area (Å²) >= 11 is 1.44. The lowest BCUT2D eigenvalue weighted by Gasteiger charge is -2.25. The molecule has 0 unspecified atom stereocenters. The highest BCUT2D eigenvalue weighted by Crippen LogP contribution is 2.22. The number of nitrogens with two attached hydrogens (primary N) is 1. The van der Waals surface area contributed by atoms with Crippen molar-refractivity contribution in [3.63, 3.8) is 0 Å². The van der Waals surface area contributed by atoms with E-state index in [1.807, 2.05) is 13.8 Å². The molecule has 3 N–H and O–H groups in total. The molecule has 0 bridgehead atoms. The summed E-state index contributed by atoms with van der Waals surface area (Å²) in [6.45, 7) is 3.70. The van der Waals surface area contributed by atoms with E-state index in [-0.39, 0.29) is 11.8 Å². The fourth-order valence-corrected chi connectivity index (χ4v) is 2.50. The highest BCUT2D eigenvalue weighted by atomic mass is 32.2. The topological polar surface area (TPSA) is 83.6 Å². The summed E-state index contributed by atoms with van der Waals surface area (Å²) < 4.78 is 0. The van der Waals surface area contributed by atoms with Crippen LogP contribution in [0.5, 0.6) is 0 Å². The summed E-state index contributed by atoms with van der Waals surface area (Å²) in [5.74, 6) is -0.313. The molecule has 0 aliphatic carbocycles. The Bertz CT molecular complexity index is 270. The van der Waals surface area contributed by atoms with Crippen molar-refractivity contribution in [3.05, 3.63) is 0 Å². The minimum absolute atomic E-state index is 0.0255. The quantitative estimate of drug-likeness (QED) is 0.713. The van der Waals surface area contributed by atoms with Gasteiger partial charge in [-0.2, -0.15) is 0 Å². The van der Waals surface area contributed by atoms with E-state index in [2.05, 4.69) is 0 Å². The van der Waals surface area contributed by atoms with Crippen LogP contribution in [0.4, 0.5) is 0 Å². The summed E-state index contributed by atoms with van der Waals surface area (Å²) in [5.41, 5.74) is 5.71. The number of carboxylic acid groups (broad SMARTS) is 1. The Balaban J connectivity index is 2.70. The first-order valence-electron chi connectivity index (χ1n) is 4.81. The van der Waals surface area contributed by atoms with Gasteiger partial charge in [-0.25, -0.2) is 4.79 Å². The molecule has 1 aliphatic heterocycles. The predicted molar refractivity (Wildman–Crippen MR) is 58.4 cm³/mol. The fourth-order valence-electron chi connectivity index (χ4n) is 1.34. The molecule has 2 atom stereocenters. The zero-order valence-electron chi connectivity index (χ0n) is 8.84. The van der Waals surface area contributed by atoms with Gasteiger partial charge in [-0.1, -0.05) is 13.8 Å². The molecule has 0 aromatic carbocycles. The maximum atomic E-state index is 11.8. The standard InChI is InChI=1S/C9H16N2O3S/c1-5(2)7(10)8(12)11-4-15-3-6(11)9(13)14/h5-7H,3-4,10H2,1-2H3,(H,13,14)/t6-,7+/m0/s1. The Morgan fingerprint density at radius 1 is 1.53 bits per heavy atom. The summed E-state index contributed by atoms with van der Waals surface area (Å²) in [6, 6.07) is -1.32. The van der Waals surface area contributed by atoms with E-state index in [0.29, 0.717) is 11.6 Å². The van der Waals surface area contributed by atoms with Crippen molar-refractivity contribution in [1.29, 1.82) is 0 Å². The van der Waals surface area contributed by atoms with Gasteiger partial charge >= 0.3 is 5.97 Å². The molecule has 6 heteroatoms. The lowest BCUT2D eigenvalue weighted by atomic mass is 10.0. The number of hydrogen-bond acceptors (Lipinski definition) is 4. The monoisotopic (exact) mass is 232 g/mol. The van der Waals surface area contributed by atoms with E-state index in [9.17, 15) is 9.59 Å². The van der Waals surface area contributed by atoms with Crippen LogP contribution in [0.2, 0.25) is 0 Å². The fraction of sp³-hybridized carbons (Fsp3) is 0.778. The van der Waals surface area contributed by atoms with Crippen molar-refractivity contribution in [1.82, 2.24) is 4.90 Å². The van der Waals surface area contributed by atoms with Gasteiger partial charge in [0, 0.05) is 5.75 Å². The van der Waals surface area contributed by atoms with Crippen molar-refractivity contribution in [3.8, 4) is 0 Å². The average molecular weight is 232 g/mol. The number of nitrogens with zero attached hydrogens (tertiary/aromatic N) is 1. The smallest absolute Gasteiger partial charge is 0.327 e. The number of rotatable bonds is 3. The molecule has 0 radical (unpaired) electrons. The lowest BCUT2D eigenvalue weighted by Crippen LogP contribution is -2.50. The van der Waals surface area contributed by atoms with Crippen molar-refractivity contribution < 1.29 is 14.7 Å². The summed E-state index contributed by atoms with van der Waals surface area (Å²) in [5, 5.41) is 8.90. The van der Waals surface area contributed by atoms with Crippen LogP contribution in [0, 0.1) is 5.92 Å². The van der Waals surface area contributed by atoms with Crippen LogP contribution < -0.4 is 5.73 Å². The van der Waals surface area contributed by atoms with Crippen LogP contribution in [0.3, 0.4) is 0 Å².